The molecule has 0 bridgehead atoms. The summed E-state index contributed by atoms with van der Waals surface area (Å²) in [6.45, 7) is 6.54. The van der Waals surface area contributed by atoms with Crippen molar-refractivity contribution in [2.24, 2.45) is 11.3 Å². The number of hydrogen-bond donors (Lipinski definition) is 1. The fourth-order valence-electron chi connectivity index (χ4n) is 6.51. The van der Waals surface area contributed by atoms with Crippen LogP contribution in [0.4, 0.5) is 0 Å². The number of halogens is 1. The van der Waals surface area contributed by atoms with E-state index in [1.54, 1.807) is 0 Å². The van der Waals surface area contributed by atoms with Gasteiger partial charge in [0.2, 0.25) is 0 Å². The summed E-state index contributed by atoms with van der Waals surface area (Å²) in [6.07, 6.45) is 5.75. The Kier molecular flexibility index (Phi) is 10.2. The van der Waals surface area contributed by atoms with E-state index >= 15 is 0 Å². The van der Waals surface area contributed by atoms with Gasteiger partial charge in [0, 0.05) is 33.9 Å². The molecule has 2 aliphatic carbocycles. The number of carbonyl (C=O) groups is 1. The van der Waals surface area contributed by atoms with Crippen molar-refractivity contribution >= 4 is 33.7 Å². The van der Waals surface area contributed by atoms with Gasteiger partial charge >= 0.3 is 5.97 Å². The Morgan fingerprint density at radius 1 is 1.02 bits per heavy atom. The molecule has 2 saturated carbocycles. The first-order chi connectivity index (χ1) is 20.2. The fraction of sp³-hybridized carbons (Fsp3) is 0.472. The molecule has 0 aromatic heterocycles. The highest BCUT2D eigenvalue weighted by Crippen LogP contribution is 2.49. The van der Waals surface area contributed by atoms with Crippen molar-refractivity contribution in [2.45, 2.75) is 93.7 Å². The number of hydrogen-bond acceptors (Lipinski definition) is 5. The summed E-state index contributed by atoms with van der Waals surface area (Å²) in [6, 6.07) is 26.8. The van der Waals surface area contributed by atoms with Crippen LogP contribution in [0.25, 0.3) is 0 Å². The molecule has 0 heterocycles. The predicted octanol–water partition coefficient (Wildman–Crippen LogP) is 9.26. The van der Waals surface area contributed by atoms with Gasteiger partial charge in [-0.05, 0) is 88.7 Å². The third-order valence-electron chi connectivity index (χ3n) is 8.57. The van der Waals surface area contributed by atoms with Gasteiger partial charge in [0.15, 0.2) is 5.79 Å². The third-order valence-corrected chi connectivity index (χ3v) is 10.9. The van der Waals surface area contributed by atoms with Crippen molar-refractivity contribution in [3.8, 4) is 0 Å². The molecular formula is C36H43BrO4S. The number of aliphatic hydroxyl groups is 1. The Balaban J connectivity index is 1.31. The van der Waals surface area contributed by atoms with Crippen LogP contribution in [0.15, 0.2) is 88.2 Å². The molecule has 3 aromatic rings. The van der Waals surface area contributed by atoms with E-state index in [4.69, 9.17) is 9.47 Å². The van der Waals surface area contributed by atoms with Crippen LogP contribution in [0, 0.1) is 11.3 Å². The van der Waals surface area contributed by atoms with E-state index in [1.807, 2.05) is 55.1 Å². The maximum Gasteiger partial charge on any atom is 0.313 e. The summed E-state index contributed by atoms with van der Waals surface area (Å²) < 4.78 is 13.2. The lowest BCUT2D eigenvalue weighted by Gasteiger charge is -2.36. The van der Waals surface area contributed by atoms with Crippen molar-refractivity contribution in [1.82, 2.24) is 0 Å². The second-order valence-electron chi connectivity index (χ2n) is 12.6. The molecule has 2 unspecified atom stereocenters. The average Bonchev–Trinajstić information content (AvgIpc) is 3.71. The molecule has 6 heteroatoms. The third kappa shape index (κ3) is 8.07. The van der Waals surface area contributed by atoms with Gasteiger partial charge in [0.25, 0.3) is 0 Å². The van der Waals surface area contributed by atoms with Crippen LogP contribution < -0.4 is 0 Å². The molecule has 0 saturated heterocycles. The fourth-order valence-corrected chi connectivity index (χ4v) is 8.23. The van der Waals surface area contributed by atoms with E-state index in [2.05, 4.69) is 72.2 Å². The molecule has 2 aliphatic rings. The molecule has 1 N–H and O–H groups in total. The minimum Gasteiger partial charge on any atom is -0.466 e. The number of ether oxygens (including phenoxy) is 2. The van der Waals surface area contributed by atoms with Crippen LogP contribution in [-0.2, 0) is 20.7 Å². The Bertz CT molecular complexity index is 1330. The van der Waals surface area contributed by atoms with Gasteiger partial charge in [-0.3, -0.25) is 4.79 Å². The molecule has 0 aliphatic heterocycles. The molecule has 4 nitrogen and oxygen atoms in total. The summed E-state index contributed by atoms with van der Waals surface area (Å²) in [7, 11) is 0. The first kappa shape index (κ1) is 31.3. The lowest BCUT2D eigenvalue weighted by Crippen LogP contribution is -2.34. The van der Waals surface area contributed by atoms with E-state index in [0.717, 1.165) is 28.4 Å². The van der Waals surface area contributed by atoms with Crippen LogP contribution in [0.1, 0.15) is 88.0 Å². The highest BCUT2D eigenvalue weighted by atomic mass is 79.9. The smallest absolute Gasteiger partial charge is 0.313 e. The quantitative estimate of drug-likeness (QED) is 0.148. The monoisotopic (exact) mass is 650 g/mol. The Morgan fingerprint density at radius 3 is 2.36 bits per heavy atom. The van der Waals surface area contributed by atoms with E-state index in [9.17, 15) is 9.90 Å². The lowest BCUT2D eigenvalue weighted by atomic mass is 9.69. The summed E-state index contributed by atoms with van der Waals surface area (Å²) in [4.78, 5) is 14.7. The molecule has 0 spiro atoms. The van der Waals surface area contributed by atoms with Crippen molar-refractivity contribution in [3.63, 3.8) is 0 Å². The van der Waals surface area contributed by atoms with Crippen LogP contribution in [-0.4, -0.2) is 28.7 Å². The van der Waals surface area contributed by atoms with Gasteiger partial charge in [-0.2, -0.15) is 0 Å². The number of carbonyl (C=O) groups excluding carboxylic acids is 1. The standard InChI is InChI=1S/C36H43BrO4S/c1-4-40-34(38)33(28-15-18-32(30(37)22-28)42-29-16-17-29)35(2,3)23-26-19-20-36(39,24-26)41-31(27-13-9-6-10-14-27)21-25-11-7-5-8-12-25/h5-15,18,22,26,29,31,33,39H,4,16-17,19-21,23-24H2,1-3H3/t26-,31+,33?,36?/m0/s1. The lowest BCUT2D eigenvalue weighted by molar-refractivity contribution is -0.229. The van der Waals surface area contributed by atoms with Gasteiger partial charge in [-0.15, -0.1) is 11.8 Å². The van der Waals surface area contributed by atoms with Crippen LogP contribution in [0.5, 0.6) is 0 Å². The summed E-state index contributed by atoms with van der Waals surface area (Å²) in [5.41, 5.74) is 2.84. The van der Waals surface area contributed by atoms with Gasteiger partial charge in [-0.1, -0.05) is 80.6 Å². The molecule has 2 fully saturated rings. The zero-order chi connectivity index (χ0) is 29.7. The van der Waals surface area contributed by atoms with Crippen LogP contribution >= 0.6 is 27.7 Å². The van der Waals surface area contributed by atoms with Gasteiger partial charge in [0.05, 0.1) is 18.6 Å². The highest BCUT2D eigenvalue weighted by Gasteiger charge is 2.45. The van der Waals surface area contributed by atoms with Crippen molar-refractivity contribution in [3.05, 3.63) is 100 Å². The number of thioether (sulfide) groups is 1. The average molecular weight is 652 g/mol. The molecule has 0 radical (unpaired) electrons. The molecule has 4 atom stereocenters. The normalized spacial score (nSPS) is 22.1. The first-order valence-corrected chi connectivity index (χ1v) is 16.9. The van der Waals surface area contributed by atoms with Crippen molar-refractivity contribution in [1.29, 1.82) is 0 Å². The molecule has 0 amide bonds. The summed E-state index contributed by atoms with van der Waals surface area (Å²) >= 11 is 5.68. The minimum absolute atomic E-state index is 0.187. The molecule has 42 heavy (non-hydrogen) atoms. The second-order valence-corrected chi connectivity index (χ2v) is 14.8. The number of esters is 1. The maximum atomic E-state index is 13.4. The van der Waals surface area contributed by atoms with E-state index < -0.39 is 11.7 Å². The topological polar surface area (TPSA) is 55.8 Å². The molecule has 224 valence electrons. The largest absolute Gasteiger partial charge is 0.466 e. The van der Waals surface area contributed by atoms with Crippen LogP contribution in [0.2, 0.25) is 0 Å². The Morgan fingerprint density at radius 2 is 1.71 bits per heavy atom. The SMILES string of the molecule is CCOC(=O)C(c1ccc(SC2CC2)c(Br)c1)C(C)(C)C[C@@H]1CCC(O)(O[C@H](Cc2ccccc2)c2ccccc2)C1. The van der Waals surface area contributed by atoms with Crippen LogP contribution in [0.3, 0.4) is 0 Å². The molecule has 3 aromatic carbocycles. The predicted molar refractivity (Wildman–Crippen MR) is 173 cm³/mol. The number of rotatable bonds is 13. The Hall–Kier alpha value is -2.12. The van der Waals surface area contributed by atoms with Crippen molar-refractivity contribution in [2.75, 3.05) is 6.61 Å². The molecular weight excluding hydrogens is 608 g/mol. The minimum atomic E-state index is -1.21. The summed E-state index contributed by atoms with van der Waals surface area (Å²) in [5.74, 6) is -1.57. The van der Waals surface area contributed by atoms with Gasteiger partial charge in [-0.25, -0.2) is 0 Å². The van der Waals surface area contributed by atoms with Gasteiger partial charge in [0.1, 0.15) is 0 Å². The van der Waals surface area contributed by atoms with E-state index in [1.165, 1.54) is 23.3 Å². The first-order valence-electron chi connectivity index (χ1n) is 15.3. The summed E-state index contributed by atoms with van der Waals surface area (Å²) in [5, 5.41) is 12.4. The van der Waals surface area contributed by atoms with E-state index in [0.29, 0.717) is 31.1 Å². The zero-order valence-corrected chi connectivity index (χ0v) is 27.3. The molecule has 5 rings (SSSR count). The Labute approximate surface area is 263 Å². The maximum absolute atomic E-state index is 13.4. The second kappa shape index (κ2) is 13.7. The zero-order valence-electron chi connectivity index (χ0n) is 24.9. The van der Waals surface area contributed by atoms with E-state index in [-0.39, 0.29) is 23.4 Å². The van der Waals surface area contributed by atoms with Crippen molar-refractivity contribution < 1.29 is 19.4 Å². The number of benzene rings is 3. The van der Waals surface area contributed by atoms with Gasteiger partial charge < -0.3 is 14.6 Å². The highest BCUT2D eigenvalue weighted by molar-refractivity contribution is 9.10.